The highest BCUT2D eigenvalue weighted by molar-refractivity contribution is 7.92. The first-order valence-corrected chi connectivity index (χ1v) is 11.8. The van der Waals surface area contributed by atoms with Gasteiger partial charge in [-0.15, -0.1) is 11.3 Å². The number of nitrogens with zero attached hydrogens (tertiary/aromatic N) is 1. The van der Waals surface area contributed by atoms with E-state index in [1.807, 2.05) is 29.6 Å². The van der Waals surface area contributed by atoms with E-state index in [0.717, 1.165) is 10.4 Å². The van der Waals surface area contributed by atoms with Gasteiger partial charge in [0.2, 0.25) is 5.91 Å². The second-order valence-electron chi connectivity index (χ2n) is 7.19. The zero-order valence-corrected chi connectivity index (χ0v) is 18.4. The normalized spacial score (nSPS) is 11.5. The fourth-order valence-electron chi connectivity index (χ4n) is 3.02. The molecule has 2 N–H and O–H groups in total. The molecule has 0 spiro atoms. The van der Waals surface area contributed by atoms with Crippen molar-refractivity contribution in [2.24, 2.45) is 0 Å². The van der Waals surface area contributed by atoms with Crippen LogP contribution in [-0.4, -0.2) is 19.5 Å². The van der Waals surface area contributed by atoms with E-state index in [2.05, 4.69) is 13.8 Å². The number of benzene rings is 2. The molecule has 2 aromatic carbocycles. The van der Waals surface area contributed by atoms with Crippen LogP contribution in [0.4, 0.5) is 5.69 Å². The van der Waals surface area contributed by atoms with Gasteiger partial charge in [-0.2, -0.15) is 0 Å². The van der Waals surface area contributed by atoms with Crippen molar-refractivity contribution >= 4 is 33.0 Å². The summed E-state index contributed by atoms with van der Waals surface area (Å²) in [5.74, 6) is -0.219. The monoisotopic (exact) mass is 444 g/mol. The third-order valence-electron chi connectivity index (χ3n) is 4.73. The molecule has 30 heavy (non-hydrogen) atoms. The second kappa shape index (κ2) is 9.42. The van der Waals surface area contributed by atoms with Gasteiger partial charge in [0.25, 0.3) is 10.0 Å². The third-order valence-corrected chi connectivity index (χ3v) is 7.38. The zero-order chi connectivity index (χ0) is 21.7. The molecule has 0 atom stereocenters. The van der Waals surface area contributed by atoms with Crippen LogP contribution in [0.25, 0.3) is 0 Å². The topological polar surface area (TPSA) is 86.7 Å². The van der Waals surface area contributed by atoms with Gasteiger partial charge in [-0.3, -0.25) is 14.3 Å². The fourth-order valence-corrected chi connectivity index (χ4v) is 5.23. The summed E-state index contributed by atoms with van der Waals surface area (Å²) in [5.41, 5.74) is 3.84. The van der Waals surface area contributed by atoms with Crippen LogP contribution in [0.2, 0.25) is 0 Å². The molecule has 3 rings (SSSR count). The van der Waals surface area contributed by atoms with Crippen molar-refractivity contribution in [3.63, 3.8) is 0 Å². The molecular weight excluding hydrogens is 420 g/mol. The fraction of sp³-hybridized carbons (Fsp3) is 0.227. The molecule has 0 aliphatic rings. The maximum absolute atomic E-state index is 13.5. The molecule has 0 saturated heterocycles. The number of carbonyl (C=O) groups excluding carboxylic acids is 1. The number of anilines is 1. The summed E-state index contributed by atoms with van der Waals surface area (Å²) in [6.45, 7) is 4.33. The molecule has 3 aromatic rings. The van der Waals surface area contributed by atoms with Crippen LogP contribution in [0.3, 0.4) is 0 Å². The first-order chi connectivity index (χ1) is 14.3. The van der Waals surface area contributed by atoms with E-state index in [1.165, 1.54) is 15.6 Å². The molecule has 1 aromatic heterocycles. The number of nitrogens with one attached hydrogen (secondary N) is 1. The quantitative estimate of drug-likeness (QED) is 0.400. The molecule has 0 aliphatic heterocycles. The molecule has 0 aliphatic carbocycles. The van der Waals surface area contributed by atoms with Crippen molar-refractivity contribution in [3.05, 3.63) is 82.0 Å². The lowest BCUT2D eigenvalue weighted by Gasteiger charge is -2.24. The molecule has 1 heterocycles. The van der Waals surface area contributed by atoms with Crippen LogP contribution >= 0.6 is 11.3 Å². The molecule has 0 fully saturated rings. The van der Waals surface area contributed by atoms with Crippen molar-refractivity contribution in [2.75, 3.05) is 4.31 Å². The molecule has 158 valence electrons. The van der Waals surface area contributed by atoms with Crippen LogP contribution in [-0.2, 0) is 27.8 Å². The van der Waals surface area contributed by atoms with Crippen molar-refractivity contribution in [3.8, 4) is 0 Å². The minimum absolute atomic E-state index is 0.00508. The number of amides is 1. The summed E-state index contributed by atoms with van der Waals surface area (Å²) in [4.78, 5) is 12.5. The van der Waals surface area contributed by atoms with Crippen LogP contribution in [0.15, 0.2) is 70.9 Å². The summed E-state index contributed by atoms with van der Waals surface area (Å²) in [6, 6.07) is 17.5. The van der Waals surface area contributed by atoms with E-state index >= 15 is 0 Å². The summed E-state index contributed by atoms with van der Waals surface area (Å²) < 4.78 is 28.3. The van der Waals surface area contributed by atoms with Gasteiger partial charge in [-0.05, 0) is 52.8 Å². The minimum atomic E-state index is -3.79. The summed E-state index contributed by atoms with van der Waals surface area (Å²) in [6.07, 6.45) is 0.00508. The average Bonchev–Trinajstić information content (AvgIpc) is 3.26. The Balaban J connectivity index is 1.96. The standard InChI is InChI=1S/C22H24N2O4S2/c1-16(2)18-7-11-21(12-8-18)30(27,28)24(15-20-4-3-13-29-20)19-9-5-17(6-10-19)14-22(25)23-26/h3-13,16,26H,14-15H2,1-2H3,(H,23,25). The third kappa shape index (κ3) is 5.08. The zero-order valence-electron chi connectivity index (χ0n) is 16.8. The van der Waals surface area contributed by atoms with Gasteiger partial charge < -0.3 is 0 Å². The van der Waals surface area contributed by atoms with Gasteiger partial charge in [-0.25, -0.2) is 13.9 Å². The van der Waals surface area contributed by atoms with Gasteiger partial charge in [0.1, 0.15) is 0 Å². The van der Waals surface area contributed by atoms with E-state index in [1.54, 1.807) is 41.9 Å². The van der Waals surface area contributed by atoms with Gasteiger partial charge >= 0.3 is 0 Å². The molecule has 1 amide bonds. The highest BCUT2D eigenvalue weighted by atomic mass is 32.2. The number of hydrogen-bond donors (Lipinski definition) is 2. The SMILES string of the molecule is CC(C)c1ccc(S(=O)(=O)N(Cc2cccs2)c2ccc(CC(=O)NO)cc2)cc1. The number of thiophene rings is 1. The van der Waals surface area contributed by atoms with Gasteiger partial charge in [0, 0.05) is 4.88 Å². The van der Waals surface area contributed by atoms with Crippen molar-refractivity contribution in [1.82, 2.24) is 5.48 Å². The Morgan fingerprint density at radius 2 is 1.73 bits per heavy atom. The first kappa shape index (κ1) is 22.0. The van der Waals surface area contributed by atoms with Gasteiger partial charge in [-0.1, -0.05) is 44.2 Å². The number of rotatable bonds is 8. The van der Waals surface area contributed by atoms with E-state index < -0.39 is 15.9 Å². The Kier molecular flexibility index (Phi) is 6.91. The smallest absolute Gasteiger partial charge is 0.264 e. The van der Waals surface area contributed by atoms with Crippen LogP contribution in [0, 0.1) is 0 Å². The predicted molar refractivity (Wildman–Crippen MR) is 118 cm³/mol. The lowest BCUT2D eigenvalue weighted by atomic mass is 10.0. The maximum Gasteiger partial charge on any atom is 0.264 e. The van der Waals surface area contributed by atoms with Crippen LogP contribution < -0.4 is 9.79 Å². The van der Waals surface area contributed by atoms with Gasteiger partial charge in [0.05, 0.1) is 23.5 Å². The molecule has 0 bridgehead atoms. The summed E-state index contributed by atoms with van der Waals surface area (Å²) >= 11 is 1.49. The average molecular weight is 445 g/mol. The Morgan fingerprint density at radius 3 is 2.27 bits per heavy atom. The largest absolute Gasteiger partial charge is 0.289 e. The van der Waals surface area contributed by atoms with E-state index in [0.29, 0.717) is 17.2 Å². The second-order valence-corrected chi connectivity index (χ2v) is 10.1. The maximum atomic E-state index is 13.5. The Morgan fingerprint density at radius 1 is 1.07 bits per heavy atom. The summed E-state index contributed by atoms with van der Waals surface area (Å²) in [5, 5.41) is 10.6. The minimum Gasteiger partial charge on any atom is -0.289 e. The Bertz CT molecular complexity index is 1080. The molecule has 6 nitrogen and oxygen atoms in total. The Hall–Kier alpha value is -2.68. The van der Waals surface area contributed by atoms with E-state index in [4.69, 9.17) is 5.21 Å². The van der Waals surface area contributed by atoms with Crippen molar-refractivity contribution < 1.29 is 18.4 Å². The number of sulfonamides is 1. The highest BCUT2D eigenvalue weighted by Crippen LogP contribution is 2.28. The lowest BCUT2D eigenvalue weighted by Crippen LogP contribution is -2.30. The molecule has 0 radical (unpaired) electrons. The molecule has 0 unspecified atom stereocenters. The van der Waals surface area contributed by atoms with Gasteiger partial charge in [0.15, 0.2) is 0 Å². The predicted octanol–water partition coefficient (Wildman–Crippen LogP) is 4.31. The van der Waals surface area contributed by atoms with Crippen molar-refractivity contribution in [1.29, 1.82) is 0 Å². The number of hydrogen-bond acceptors (Lipinski definition) is 5. The highest BCUT2D eigenvalue weighted by Gasteiger charge is 2.26. The number of hydroxylamine groups is 1. The molecule has 0 saturated carbocycles. The van der Waals surface area contributed by atoms with Crippen molar-refractivity contribution in [2.45, 2.75) is 37.6 Å². The van der Waals surface area contributed by atoms with E-state index in [9.17, 15) is 13.2 Å². The first-order valence-electron chi connectivity index (χ1n) is 9.48. The van der Waals surface area contributed by atoms with Crippen LogP contribution in [0.1, 0.15) is 35.8 Å². The lowest BCUT2D eigenvalue weighted by molar-refractivity contribution is -0.128. The molecule has 8 heteroatoms. The van der Waals surface area contributed by atoms with Crippen LogP contribution in [0.5, 0.6) is 0 Å². The Labute approximate surface area is 180 Å². The van der Waals surface area contributed by atoms with E-state index in [-0.39, 0.29) is 17.9 Å². The number of carbonyl (C=O) groups is 1. The summed E-state index contributed by atoms with van der Waals surface area (Å²) in [7, 11) is -3.79. The molecular formula is C22H24N2O4S2.